The van der Waals surface area contributed by atoms with E-state index in [1.807, 2.05) is 24.3 Å². The Kier molecular flexibility index (Phi) is 3.03. The van der Waals surface area contributed by atoms with Crippen LogP contribution in [0.1, 0.15) is 0 Å². The molecular weight excluding hydrogens is 362 g/mol. The molecule has 3 rings (SSSR count). The Labute approximate surface area is 120 Å². The Morgan fingerprint density at radius 2 is 1.59 bits per heavy atom. The summed E-state index contributed by atoms with van der Waals surface area (Å²) in [5.41, 5.74) is 2.20. The summed E-state index contributed by atoms with van der Waals surface area (Å²) in [6.07, 6.45) is 0. The third-order valence-corrected chi connectivity index (χ3v) is 4.55. The van der Waals surface area contributed by atoms with Gasteiger partial charge in [-0.25, -0.2) is 4.98 Å². The monoisotopic (exact) mass is 367 g/mol. The van der Waals surface area contributed by atoms with Gasteiger partial charge >= 0.3 is 0 Å². The van der Waals surface area contributed by atoms with Crippen LogP contribution in [0.25, 0.3) is 20.8 Å². The summed E-state index contributed by atoms with van der Waals surface area (Å²) in [6.45, 7) is 0. The lowest BCUT2D eigenvalue weighted by molar-refractivity contribution is 1.47. The first-order chi connectivity index (χ1) is 8.22. The zero-order valence-corrected chi connectivity index (χ0v) is 12.6. The molecule has 0 aliphatic rings. The zero-order chi connectivity index (χ0) is 11.8. The number of hydrogen-bond acceptors (Lipinski definition) is 2. The molecule has 0 bridgehead atoms. The molecule has 84 valence electrons. The van der Waals surface area contributed by atoms with E-state index in [2.05, 4.69) is 55.0 Å². The summed E-state index contributed by atoms with van der Waals surface area (Å²) in [6, 6.07) is 14.4. The van der Waals surface area contributed by atoms with E-state index in [9.17, 15) is 0 Å². The van der Waals surface area contributed by atoms with E-state index in [1.165, 1.54) is 4.70 Å². The zero-order valence-electron chi connectivity index (χ0n) is 8.65. The first-order valence-corrected chi connectivity index (χ1v) is 7.45. The lowest BCUT2D eigenvalue weighted by Gasteiger charge is -1.94. The van der Waals surface area contributed by atoms with E-state index in [1.54, 1.807) is 11.3 Å². The molecule has 4 heteroatoms. The lowest BCUT2D eigenvalue weighted by Crippen LogP contribution is -1.74. The van der Waals surface area contributed by atoms with Crippen molar-refractivity contribution in [3.63, 3.8) is 0 Å². The van der Waals surface area contributed by atoms with Gasteiger partial charge in [0.2, 0.25) is 0 Å². The molecule has 1 aromatic heterocycles. The Bertz CT molecular complexity index is 673. The van der Waals surface area contributed by atoms with Gasteiger partial charge < -0.3 is 0 Å². The Morgan fingerprint density at radius 1 is 0.882 bits per heavy atom. The minimum Gasteiger partial charge on any atom is -0.236 e. The van der Waals surface area contributed by atoms with Crippen molar-refractivity contribution in [3.8, 4) is 10.6 Å². The van der Waals surface area contributed by atoms with Gasteiger partial charge in [0.1, 0.15) is 5.01 Å². The van der Waals surface area contributed by atoms with Crippen molar-refractivity contribution in [2.45, 2.75) is 0 Å². The maximum atomic E-state index is 4.65. The molecule has 0 unspecified atom stereocenters. The van der Waals surface area contributed by atoms with Gasteiger partial charge in [0, 0.05) is 14.5 Å². The molecule has 0 aliphatic carbocycles. The summed E-state index contributed by atoms with van der Waals surface area (Å²) in [5, 5.41) is 1.06. The highest BCUT2D eigenvalue weighted by atomic mass is 79.9. The van der Waals surface area contributed by atoms with Gasteiger partial charge in [0.15, 0.2) is 0 Å². The fraction of sp³-hybridized carbons (Fsp3) is 0. The third kappa shape index (κ3) is 2.30. The summed E-state index contributed by atoms with van der Waals surface area (Å²) in [5.74, 6) is 0. The van der Waals surface area contributed by atoms with Gasteiger partial charge in [-0.05, 0) is 30.3 Å². The maximum absolute atomic E-state index is 4.65. The van der Waals surface area contributed by atoms with Crippen LogP contribution < -0.4 is 0 Å². The molecule has 3 aromatic rings. The van der Waals surface area contributed by atoms with Crippen molar-refractivity contribution in [3.05, 3.63) is 51.4 Å². The van der Waals surface area contributed by atoms with Crippen LogP contribution in [-0.2, 0) is 0 Å². The van der Waals surface area contributed by atoms with Crippen molar-refractivity contribution >= 4 is 53.4 Å². The minimum atomic E-state index is 1.04. The molecule has 0 radical (unpaired) electrons. The van der Waals surface area contributed by atoms with Crippen molar-refractivity contribution in [1.82, 2.24) is 4.98 Å². The van der Waals surface area contributed by atoms with Crippen molar-refractivity contribution in [1.29, 1.82) is 0 Å². The van der Waals surface area contributed by atoms with Gasteiger partial charge in [-0.15, -0.1) is 11.3 Å². The second-order valence-electron chi connectivity index (χ2n) is 3.64. The average molecular weight is 369 g/mol. The van der Waals surface area contributed by atoms with Gasteiger partial charge in [-0.2, -0.15) is 0 Å². The smallest absolute Gasteiger partial charge is 0.124 e. The number of benzene rings is 2. The summed E-state index contributed by atoms with van der Waals surface area (Å²) in [7, 11) is 0. The summed E-state index contributed by atoms with van der Waals surface area (Å²) >= 11 is 8.62. The molecule has 0 aliphatic heterocycles. The van der Waals surface area contributed by atoms with Crippen LogP contribution in [0.2, 0.25) is 0 Å². The Balaban J connectivity index is 2.14. The number of halogens is 2. The third-order valence-electron chi connectivity index (χ3n) is 2.44. The Hall–Kier alpha value is -0.710. The maximum Gasteiger partial charge on any atom is 0.124 e. The van der Waals surface area contributed by atoms with Gasteiger partial charge in [-0.1, -0.05) is 44.0 Å². The van der Waals surface area contributed by atoms with Crippen molar-refractivity contribution < 1.29 is 0 Å². The first-order valence-electron chi connectivity index (χ1n) is 5.04. The van der Waals surface area contributed by atoms with Crippen LogP contribution in [0.4, 0.5) is 0 Å². The van der Waals surface area contributed by atoms with Gasteiger partial charge in [-0.3, -0.25) is 0 Å². The quantitative estimate of drug-likeness (QED) is 0.553. The second kappa shape index (κ2) is 4.52. The van der Waals surface area contributed by atoms with Crippen LogP contribution in [0.3, 0.4) is 0 Å². The molecule has 17 heavy (non-hydrogen) atoms. The molecule has 0 N–H and O–H groups in total. The van der Waals surface area contributed by atoms with E-state index in [0.717, 1.165) is 25.0 Å². The molecule has 1 heterocycles. The molecular formula is C13H7Br2NS. The predicted molar refractivity (Wildman–Crippen MR) is 80.5 cm³/mol. The highest BCUT2D eigenvalue weighted by molar-refractivity contribution is 9.10. The molecule has 0 saturated carbocycles. The molecule has 2 aromatic carbocycles. The van der Waals surface area contributed by atoms with E-state index in [0.29, 0.717) is 0 Å². The predicted octanol–water partition coefficient (Wildman–Crippen LogP) is 5.49. The van der Waals surface area contributed by atoms with Crippen molar-refractivity contribution in [2.24, 2.45) is 0 Å². The van der Waals surface area contributed by atoms with E-state index in [-0.39, 0.29) is 0 Å². The van der Waals surface area contributed by atoms with Crippen LogP contribution >= 0.6 is 43.2 Å². The van der Waals surface area contributed by atoms with Crippen LogP contribution in [0.5, 0.6) is 0 Å². The number of fused-ring (bicyclic) bond motifs is 1. The number of hydrogen-bond donors (Lipinski definition) is 0. The van der Waals surface area contributed by atoms with Gasteiger partial charge in [0.05, 0.1) is 10.2 Å². The standard InChI is InChI=1S/C13H7Br2NS/c14-9-3-1-8(2-4-9)13-16-11-7-10(15)5-6-12(11)17-13/h1-7H. The average Bonchev–Trinajstić information content (AvgIpc) is 2.72. The SMILES string of the molecule is Brc1ccc(-c2nc3cc(Br)ccc3s2)cc1. The molecule has 0 fully saturated rings. The highest BCUT2D eigenvalue weighted by Crippen LogP contribution is 2.31. The Morgan fingerprint density at radius 3 is 2.35 bits per heavy atom. The summed E-state index contributed by atoms with van der Waals surface area (Å²) < 4.78 is 3.37. The normalized spacial score (nSPS) is 10.9. The van der Waals surface area contributed by atoms with Gasteiger partial charge in [0.25, 0.3) is 0 Å². The number of thiazole rings is 1. The molecule has 0 atom stereocenters. The van der Waals surface area contributed by atoms with Crippen LogP contribution in [-0.4, -0.2) is 4.98 Å². The lowest BCUT2D eigenvalue weighted by atomic mass is 10.2. The van der Waals surface area contributed by atoms with Crippen molar-refractivity contribution in [2.75, 3.05) is 0 Å². The number of rotatable bonds is 1. The van der Waals surface area contributed by atoms with E-state index in [4.69, 9.17) is 0 Å². The minimum absolute atomic E-state index is 1.04. The largest absolute Gasteiger partial charge is 0.236 e. The molecule has 1 nitrogen and oxygen atoms in total. The highest BCUT2D eigenvalue weighted by Gasteiger charge is 2.06. The van der Waals surface area contributed by atoms with E-state index >= 15 is 0 Å². The summed E-state index contributed by atoms with van der Waals surface area (Å²) in [4.78, 5) is 4.65. The first kappa shape index (κ1) is 11.4. The van der Waals surface area contributed by atoms with Crippen LogP contribution in [0.15, 0.2) is 51.4 Å². The topological polar surface area (TPSA) is 12.9 Å². The number of nitrogens with zero attached hydrogens (tertiary/aromatic N) is 1. The van der Waals surface area contributed by atoms with E-state index < -0.39 is 0 Å². The van der Waals surface area contributed by atoms with Crippen LogP contribution in [0, 0.1) is 0 Å². The number of aromatic nitrogens is 1. The fourth-order valence-electron chi connectivity index (χ4n) is 1.62. The second-order valence-corrected chi connectivity index (χ2v) is 6.50. The molecule has 0 saturated heterocycles. The molecule has 0 amide bonds. The fourth-order valence-corrected chi connectivity index (χ4v) is 3.18. The molecule has 0 spiro atoms.